The standard InChI is InChI=1S/C30H35N3O5S2Se/c1-3-5-16-32-28(34)24(29(35)33(30(32)41)17-6-4-2)14-9-10-15-27-31(18-11-19-40(36,37)38)25-20-22-12-7-8-13-23(22)21-26(25)39-27/h7-10,12-15,20-21H,3-6,11,16-19H2,1-2H3,(H,36,37,38)/b10-9+,27-15+. The molecule has 11 heteroatoms. The van der Waals surface area contributed by atoms with Crippen LogP contribution in [0.2, 0.25) is 0 Å². The van der Waals surface area contributed by atoms with Crippen LogP contribution in [0.4, 0.5) is 5.69 Å². The molecule has 1 fully saturated rings. The second kappa shape index (κ2) is 14.0. The van der Waals surface area contributed by atoms with Crippen LogP contribution in [-0.2, 0) is 19.7 Å². The Bertz CT molecular complexity index is 1500. The first-order valence-electron chi connectivity index (χ1n) is 13.8. The fourth-order valence-electron chi connectivity index (χ4n) is 4.71. The summed E-state index contributed by atoms with van der Waals surface area (Å²) < 4.78 is 32.5. The van der Waals surface area contributed by atoms with Crippen LogP contribution in [0.15, 0.2) is 76.2 Å². The summed E-state index contributed by atoms with van der Waals surface area (Å²) in [6.45, 7) is 5.62. The minimum absolute atomic E-state index is 0.129. The maximum absolute atomic E-state index is 13.3. The number of fused-ring (bicyclic) bond motifs is 2. The van der Waals surface area contributed by atoms with Crippen LogP contribution in [0.25, 0.3) is 10.8 Å². The van der Waals surface area contributed by atoms with E-state index in [1.54, 1.807) is 39.8 Å². The van der Waals surface area contributed by atoms with Gasteiger partial charge < -0.3 is 0 Å². The van der Waals surface area contributed by atoms with Crippen LogP contribution in [-0.4, -0.2) is 80.2 Å². The van der Waals surface area contributed by atoms with Crippen LogP contribution in [0.3, 0.4) is 0 Å². The van der Waals surface area contributed by atoms with Gasteiger partial charge in [-0.3, -0.25) is 4.55 Å². The molecule has 0 saturated carbocycles. The maximum atomic E-state index is 13.3. The number of hydrogen-bond acceptors (Lipinski definition) is 6. The average Bonchev–Trinajstić information content (AvgIpc) is 3.26. The van der Waals surface area contributed by atoms with Crippen molar-refractivity contribution in [2.45, 2.75) is 50.8 Å². The van der Waals surface area contributed by atoms with Gasteiger partial charge in [-0.1, -0.05) is 24.3 Å². The molecule has 8 nitrogen and oxygen atoms in total. The summed E-state index contributed by atoms with van der Waals surface area (Å²) in [5.74, 6) is -0.931. The van der Waals surface area contributed by atoms with E-state index in [-0.39, 0.29) is 29.6 Å². The normalized spacial score (nSPS) is 17.0. The van der Waals surface area contributed by atoms with E-state index in [4.69, 9.17) is 0 Å². The summed E-state index contributed by atoms with van der Waals surface area (Å²) in [7, 11) is -4.06. The molecule has 4 rings (SSSR count). The molecular formula is C30H35N3O5S2Se. The van der Waals surface area contributed by atoms with E-state index in [9.17, 15) is 22.6 Å². The number of nitrogens with zero attached hydrogens (tertiary/aromatic N) is 3. The van der Waals surface area contributed by atoms with E-state index in [0.29, 0.717) is 24.3 Å². The molecule has 0 radical (unpaired) electrons. The number of anilines is 1. The molecule has 0 aliphatic carbocycles. The van der Waals surface area contributed by atoms with Crippen molar-refractivity contribution in [3.8, 4) is 0 Å². The summed E-state index contributed by atoms with van der Waals surface area (Å²) in [4.78, 5) is 33.0. The Morgan fingerprint density at radius 2 is 1.41 bits per heavy atom. The number of carbonyl (C=O) groups is 2. The molecule has 2 aromatic carbocycles. The number of benzene rings is 2. The van der Waals surface area contributed by atoms with Gasteiger partial charge in [0, 0.05) is 0 Å². The Morgan fingerprint density at radius 3 is 2.00 bits per heavy atom. The molecule has 0 spiro atoms. The number of rotatable bonds is 12. The van der Waals surface area contributed by atoms with Gasteiger partial charge >= 0.3 is 191 Å². The molecule has 2 amide bonds. The zero-order valence-corrected chi connectivity index (χ0v) is 26.6. The first kappa shape index (κ1) is 31.2. The molecular weight excluding hydrogens is 625 g/mol. The Morgan fingerprint density at radius 1 is 0.854 bits per heavy atom. The summed E-state index contributed by atoms with van der Waals surface area (Å²) in [5.41, 5.74) is 1.10. The second-order valence-corrected chi connectivity index (χ2v) is 13.3. The van der Waals surface area contributed by atoms with Gasteiger partial charge in [0.15, 0.2) is 0 Å². The van der Waals surface area contributed by atoms with Crippen molar-refractivity contribution in [1.29, 1.82) is 0 Å². The van der Waals surface area contributed by atoms with Crippen LogP contribution in [0.5, 0.6) is 0 Å². The van der Waals surface area contributed by atoms with Gasteiger partial charge in [0.05, 0.1) is 5.75 Å². The number of hydrogen-bond donors (Lipinski definition) is 1. The van der Waals surface area contributed by atoms with E-state index in [2.05, 4.69) is 47.6 Å². The fraction of sp³-hybridized carbons (Fsp3) is 0.367. The summed E-state index contributed by atoms with van der Waals surface area (Å²) >= 11 is 4.51. The van der Waals surface area contributed by atoms with Crippen LogP contribution in [0, 0.1) is 0 Å². The number of amides is 2. The van der Waals surface area contributed by atoms with Crippen molar-refractivity contribution in [3.63, 3.8) is 0 Å². The van der Waals surface area contributed by atoms with Crippen LogP contribution >= 0.6 is 11.8 Å². The van der Waals surface area contributed by atoms with Gasteiger partial charge in [-0.05, 0) is 10.8 Å². The van der Waals surface area contributed by atoms with Crippen molar-refractivity contribution in [3.05, 3.63) is 71.3 Å². The third-order valence-corrected chi connectivity index (χ3v) is 9.72. The third-order valence-electron chi connectivity index (χ3n) is 6.88. The Kier molecular flexibility index (Phi) is 10.7. The predicted octanol–water partition coefficient (Wildman–Crippen LogP) is 4.88. The molecule has 0 bridgehead atoms. The second-order valence-electron chi connectivity index (χ2n) is 9.93. The Hall–Kier alpha value is -2.69. The topological polar surface area (TPSA) is 98.2 Å². The molecule has 218 valence electrons. The monoisotopic (exact) mass is 661 g/mol. The van der Waals surface area contributed by atoms with E-state index in [1.165, 1.54) is 0 Å². The van der Waals surface area contributed by atoms with Gasteiger partial charge in [0.2, 0.25) is 0 Å². The van der Waals surface area contributed by atoms with E-state index >= 15 is 0 Å². The van der Waals surface area contributed by atoms with Gasteiger partial charge in [-0.25, -0.2) is 0 Å². The third kappa shape index (κ3) is 7.59. The molecule has 41 heavy (non-hydrogen) atoms. The predicted molar refractivity (Wildman–Crippen MR) is 167 cm³/mol. The molecule has 1 N–H and O–H groups in total. The molecule has 0 aromatic heterocycles. The first-order chi connectivity index (χ1) is 19.6. The molecule has 2 aromatic rings. The van der Waals surface area contributed by atoms with Crippen molar-refractivity contribution in [2.75, 3.05) is 30.3 Å². The number of thioether (sulfide) groups is 1. The van der Waals surface area contributed by atoms with Gasteiger partial charge in [-0.15, -0.1) is 0 Å². The van der Waals surface area contributed by atoms with Crippen molar-refractivity contribution in [2.24, 2.45) is 0 Å². The van der Waals surface area contributed by atoms with Crippen LogP contribution < -0.4 is 4.90 Å². The van der Waals surface area contributed by atoms with E-state index in [0.717, 1.165) is 52.1 Å². The SMILES string of the molecule is CCCCN1C(=O)C(=C/C=C/C=C2/Sc3cc4ccccc4cc3N2CCCS(=O)(=O)O)C(=O)N(CCCC)C1=[Se]. The van der Waals surface area contributed by atoms with Crippen molar-refractivity contribution in [1.82, 2.24) is 9.80 Å². The molecule has 2 aliphatic rings. The van der Waals surface area contributed by atoms with E-state index in [1.807, 2.05) is 29.2 Å². The van der Waals surface area contributed by atoms with Crippen molar-refractivity contribution >= 4 is 70.4 Å². The fourth-order valence-corrected chi connectivity index (χ4v) is 7.06. The quantitative estimate of drug-likeness (QED) is 0.150. The summed E-state index contributed by atoms with van der Waals surface area (Å²) in [5, 5.41) is 3.07. The minimum atomic E-state index is -4.06. The number of allylic oxidation sites excluding steroid dienone is 4. The molecule has 0 unspecified atom stereocenters. The Labute approximate surface area is 254 Å². The van der Waals surface area contributed by atoms with Gasteiger partial charge in [0.1, 0.15) is 0 Å². The molecule has 2 aliphatic heterocycles. The number of unbranched alkanes of at least 4 members (excludes halogenated alkanes) is 2. The van der Waals surface area contributed by atoms with Gasteiger partial charge in [0.25, 0.3) is 10.1 Å². The summed E-state index contributed by atoms with van der Waals surface area (Å²) in [6.07, 6.45) is 10.8. The summed E-state index contributed by atoms with van der Waals surface area (Å²) in [6, 6.07) is 12.3. The van der Waals surface area contributed by atoms with Gasteiger partial charge in [-0.2, -0.15) is 8.42 Å². The van der Waals surface area contributed by atoms with Crippen molar-refractivity contribution < 1.29 is 22.6 Å². The molecule has 2 heterocycles. The zero-order valence-electron chi connectivity index (χ0n) is 23.3. The Balaban J connectivity index is 1.60. The van der Waals surface area contributed by atoms with Crippen LogP contribution in [0.1, 0.15) is 46.0 Å². The average molecular weight is 661 g/mol. The zero-order chi connectivity index (χ0) is 29.6. The molecule has 0 atom stereocenters. The van der Waals surface area contributed by atoms with E-state index < -0.39 is 10.1 Å². The first-order valence-corrected chi connectivity index (χ1v) is 17.1. The number of carbonyl (C=O) groups excluding carboxylic acids is 2. The molecule has 1 saturated heterocycles.